The molecule has 0 saturated heterocycles. The van der Waals surface area contributed by atoms with E-state index in [-0.39, 0.29) is 12.1 Å². The number of amides is 1. The third-order valence-corrected chi connectivity index (χ3v) is 4.31. The molecule has 1 fully saturated rings. The lowest BCUT2D eigenvalue weighted by Gasteiger charge is -2.21. The summed E-state index contributed by atoms with van der Waals surface area (Å²) >= 11 is 1.74. The monoisotopic (exact) mass is 310 g/mol. The van der Waals surface area contributed by atoms with Gasteiger partial charge in [0.1, 0.15) is 5.60 Å². The van der Waals surface area contributed by atoms with Crippen LogP contribution in [0.4, 0.5) is 4.79 Å². The number of nitrogens with one attached hydrogen (secondary N) is 2. The highest BCUT2D eigenvalue weighted by Gasteiger charge is 2.27. The summed E-state index contributed by atoms with van der Waals surface area (Å²) in [7, 11) is 0. The molecule has 0 spiro atoms. The predicted molar refractivity (Wildman–Crippen MR) is 86.8 cm³/mol. The van der Waals surface area contributed by atoms with Gasteiger partial charge in [-0.15, -0.1) is 0 Å². The normalized spacial score (nSPS) is 22.2. The SMILES string of the molecule is CC(C)(C)OC(=O)NC1CCC(NCCc2ccsc2)C1. The number of carbonyl (C=O) groups excluding carboxylic acids is 1. The maximum Gasteiger partial charge on any atom is 0.407 e. The van der Waals surface area contributed by atoms with Crippen molar-refractivity contribution in [2.45, 2.75) is 64.1 Å². The molecule has 1 heterocycles. The van der Waals surface area contributed by atoms with E-state index in [4.69, 9.17) is 4.74 Å². The van der Waals surface area contributed by atoms with Gasteiger partial charge in [-0.1, -0.05) is 0 Å². The van der Waals surface area contributed by atoms with Crippen LogP contribution in [0.2, 0.25) is 0 Å². The molecule has 0 radical (unpaired) electrons. The summed E-state index contributed by atoms with van der Waals surface area (Å²) in [6, 6.07) is 2.91. The molecule has 4 nitrogen and oxygen atoms in total. The van der Waals surface area contributed by atoms with Gasteiger partial charge in [0.25, 0.3) is 0 Å². The average molecular weight is 310 g/mol. The maximum atomic E-state index is 11.7. The fourth-order valence-corrected chi connectivity index (χ4v) is 3.33. The standard InChI is InChI=1S/C16H26N2O2S/c1-16(2,3)20-15(19)18-14-5-4-13(10-14)17-8-6-12-7-9-21-11-12/h7,9,11,13-14,17H,4-6,8,10H2,1-3H3,(H,18,19). The van der Waals surface area contributed by atoms with Gasteiger partial charge in [0.15, 0.2) is 0 Å². The van der Waals surface area contributed by atoms with Crippen LogP contribution >= 0.6 is 11.3 Å². The van der Waals surface area contributed by atoms with Crippen molar-refractivity contribution in [1.29, 1.82) is 0 Å². The minimum atomic E-state index is -0.430. The first-order valence-electron chi connectivity index (χ1n) is 7.66. The molecule has 1 aromatic rings. The first-order chi connectivity index (χ1) is 9.92. The number of alkyl carbamates (subject to hydrolysis) is 1. The lowest BCUT2D eigenvalue weighted by Crippen LogP contribution is -2.39. The van der Waals surface area contributed by atoms with Gasteiger partial charge < -0.3 is 15.4 Å². The van der Waals surface area contributed by atoms with Crippen LogP contribution in [0.1, 0.15) is 45.6 Å². The lowest BCUT2D eigenvalue weighted by molar-refractivity contribution is 0.0505. The van der Waals surface area contributed by atoms with E-state index < -0.39 is 5.60 Å². The summed E-state index contributed by atoms with van der Waals surface area (Å²) in [4.78, 5) is 11.7. The summed E-state index contributed by atoms with van der Waals surface area (Å²) in [5, 5.41) is 10.9. The number of carbonyl (C=O) groups is 1. The Kier molecular flexibility index (Phi) is 5.65. The van der Waals surface area contributed by atoms with Gasteiger partial charge in [-0.2, -0.15) is 11.3 Å². The Morgan fingerprint density at radius 3 is 2.81 bits per heavy atom. The van der Waals surface area contributed by atoms with Gasteiger partial charge in [0.05, 0.1) is 0 Å². The molecule has 1 saturated carbocycles. The largest absolute Gasteiger partial charge is 0.444 e. The summed E-state index contributed by atoms with van der Waals surface area (Å²) < 4.78 is 5.30. The van der Waals surface area contributed by atoms with E-state index >= 15 is 0 Å². The minimum absolute atomic E-state index is 0.235. The van der Waals surface area contributed by atoms with Crippen LogP contribution in [0, 0.1) is 0 Å². The first kappa shape index (κ1) is 16.3. The van der Waals surface area contributed by atoms with E-state index in [2.05, 4.69) is 27.5 Å². The van der Waals surface area contributed by atoms with Crippen LogP contribution < -0.4 is 10.6 Å². The molecule has 2 atom stereocenters. The zero-order valence-corrected chi connectivity index (χ0v) is 14.0. The Balaban J connectivity index is 1.63. The van der Waals surface area contributed by atoms with Crippen molar-refractivity contribution in [3.63, 3.8) is 0 Å². The second-order valence-electron chi connectivity index (χ2n) is 6.69. The smallest absolute Gasteiger partial charge is 0.407 e. The topological polar surface area (TPSA) is 50.4 Å². The van der Waals surface area contributed by atoms with E-state index in [9.17, 15) is 4.79 Å². The Morgan fingerprint density at radius 1 is 1.38 bits per heavy atom. The van der Waals surface area contributed by atoms with Gasteiger partial charge in [0, 0.05) is 12.1 Å². The van der Waals surface area contributed by atoms with Crippen molar-refractivity contribution in [3.8, 4) is 0 Å². The van der Waals surface area contributed by atoms with E-state index in [1.807, 2.05) is 20.8 Å². The average Bonchev–Trinajstić information content (AvgIpc) is 2.98. The Bertz CT molecular complexity index is 440. The van der Waals surface area contributed by atoms with Gasteiger partial charge in [0.2, 0.25) is 0 Å². The summed E-state index contributed by atoms with van der Waals surface area (Å²) in [5.41, 5.74) is 0.967. The van der Waals surface area contributed by atoms with E-state index in [1.165, 1.54) is 5.56 Å². The quantitative estimate of drug-likeness (QED) is 0.877. The van der Waals surface area contributed by atoms with Crippen molar-refractivity contribution in [3.05, 3.63) is 22.4 Å². The van der Waals surface area contributed by atoms with Gasteiger partial charge >= 0.3 is 6.09 Å². The molecule has 0 aliphatic heterocycles. The number of hydrogen-bond donors (Lipinski definition) is 2. The van der Waals surface area contributed by atoms with Crippen LogP contribution in [-0.4, -0.2) is 30.3 Å². The zero-order valence-electron chi connectivity index (χ0n) is 13.1. The Hall–Kier alpha value is -1.07. The van der Waals surface area contributed by atoms with Crippen molar-refractivity contribution in [2.75, 3.05) is 6.54 Å². The number of thiophene rings is 1. The molecular formula is C16H26N2O2S. The molecule has 5 heteroatoms. The number of rotatable bonds is 5. The van der Waals surface area contributed by atoms with Crippen LogP contribution in [0.25, 0.3) is 0 Å². The maximum absolute atomic E-state index is 11.7. The number of hydrogen-bond acceptors (Lipinski definition) is 4. The molecule has 1 aromatic heterocycles. The third kappa shape index (κ3) is 6.06. The first-order valence-corrected chi connectivity index (χ1v) is 8.60. The van der Waals surface area contributed by atoms with Crippen molar-refractivity contribution in [1.82, 2.24) is 10.6 Å². The second kappa shape index (κ2) is 7.27. The molecule has 0 aromatic carbocycles. The van der Waals surface area contributed by atoms with Crippen LogP contribution in [0.5, 0.6) is 0 Å². The minimum Gasteiger partial charge on any atom is -0.444 e. The summed E-state index contributed by atoms with van der Waals surface area (Å²) in [6.07, 6.45) is 3.90. The van der Waals surface area contributed by atoms with Crippen LogP contribution in [0.3, 0.4) is 0 Å². The molecule has 1 aliphatic carbocycles. The van der Waals surface area contributed by atoms with Gasteiger partial charge in [-0.05, 0) is 75.4 Å². The fourth-order valence-electron chi connectivity index (χ4n) is 2.63. The van der Waals surface area contributed by atoms with Gasteiger partial charge in [-0.25, -0.2) is 4.79 Å². The molecule has 118 valence electrons. The molecule has 1 aliphatic rings. The van der Waals surface area contributed by atoms with E-state index in [0.717, 1.165) is 32.2 Å². The highest BCUT2D eigenvalue weighted by molar-refractivity contribution is 7.07. The molecule has 2 rings (SSSR count). The third-order valence-electron chi connectivity index (χ3n) is 3.58. The van der Waals surface area contributed by atoms with E-state index in [0.29, 0.717) is 6.04 Å². The second-order valence-corrected chi connectivity index (χ2v) is 7.47. The van der Waals surface area contributed by atoms with Crippen LogP contribution in [0.15, 0.2) is 16.8 Å². The number of ether oxygens (including phenoxy) is 1. The summed E-state index contributed by atoms with van der Waals surface area (Å²) in [6.45, 7) is 6.66. The van der Waals surface area contributed by atoms with Crippen molar-refractivity contribution >= 4 is 17.4 Å². The Morgan fingerprint density at radius 2 is 2.14 bits per heavy atom. The molecule has 0 bridgehead atoms. The summed E-state index contributed by atoms with van der Waals surface area (Å²) in [5.74, 6) is 0. The molecule has 2 unspecified atom stereocenters. The predicted octanol–water partition coefficient (Wildman–Crippen LogP) is 3.33. The molecule has 2 N–H and O–H groups in total. The van der Waals surface area contributed by atoms with Gasteiger partial charge in [-0.3, -0.25) is 0 Å². The van der Waals surface area contributed by atoms with Crippen LogP contribution in [-0.2, 0) is 11.2 Å². The molecule has 1 amide bonds. The highest BCUT2D eigenvalue weighted by atomic mass is 32.1. The zero-order chi connectivity index (χ0) is 15.3. The fraction of sp³-hybridized carbons (Fsp3) is 0.688. The van der Waals surface area contributed by atoms with Crippen molar-refractivity contribution in [2.24, 2.45) is 0 Å². The Labute approximate surface area is 131 Å². The van der Waals surface area contributed by atoms with Crippen molar-refractivity contribution < 1.29 is 9.53 Å². The highest BCUT2D eigenvalue weighted by Crippen LogP contribution is 2.20. The molecule has 21 heavy (non-hydrogen) atoms. The lowest BCUT2D eigenvalue weighted by atomic mass is 10.2. The van der Waals surface area contributed by atoms with E-state index in [1.54, 1.807) is 11.3 Å². The molecular weight excluding hydrogens is 284 g/mol.